The summed E-state index contributed by atoms with van der Waals surface area (Å²) in [4.78, 5) is 0. The summed E-state index contributed by atoms with van der Waals surface area (Å²) in [5.41, 5.74) is 3.19. The van der Waals surface area contributed by atoms with Gasteiger partial charge in [-0.1, -0.05) is 43.2 Å². The van der Waals surface area contributed by atoms with Crippen LogP contribution >= 0.6 is 0 Å². The molecule has 1 atom stereocenters. The highest BCUT2D eigenvalue weighted by Crippen LogP contribution is 2.40. The van der Waals surface area contributed by atoms with Gasteiger partial charge in [-0.3, -0.25) is 0 Å². The molecule has 0 heterocycles. The van der Waals surface area contributed by atoms with E-state index in [-0.39, 0.29) is 5.82 Å². The highest BCUT2D eigenvalue weighted by atomic mass is 19.1. The molecular formula is C23H31FO2. The van der Waals surface area contributed by atoms with Crippen LogP contribution in [0.15, 0.2) is 53.1 Å². The van der Waals surface area contributed by atoms with Gasteiger partial charge in [0.05, 0.1) is 12.7 Å². The smallest absolute Gasteiger partial charge is 0.123 e. The molecule has 0 aliphatic heterocycles. The second-order valence-electron chi connectivity index (χ2n) is 8.36. The van der Waals surface area contributed by atoms with E-state index in [1.165, 1.54) is 23.3 Å². The van der Waals surface area contributed by atoms with Gasteiger partial charge in [0.2, 0.25) is 0 Å². The van der Waals surface area contributed by atoms with Crippen molar-refractivity contribution in [3.05, 3.63) is 64.5 Å². The molecule has 0 bridgehead atoms. The number of hydrogen-bond donors (Lipinski definition) is 1. The highest BCUT2D eigenvalue weighted by molar-refractivity contribution is 5.40. The molecule has 1 N–H and O–H groups in total. The van der Waals surface area contributed by atoms with Crippen LogP contribution in [-0.2, 0) is 5.41 Å². The molecule has 0 amide bonds. The summed E-state index contributed by atoms with van der Waals surface area (Å²) in [6, 6.07) is 4.56. The lowest BCUT2D eigenvalue weighted by molar-refractivity contribution is 0.0319. The minimum Gasteiger partial charge on any atom is -0.496 e. The van der Waals surface area contributed by atoms with Gasteiger partial charge in [-0.2, -0.15) is 0 Å². The lowest BCUT2D eigenvalue weighted by Crippen LogP contribution is -2.34. The predicted molar refractivity (Wildman–Crippen MR) is 106 cm³/mol. The molecule has 0 fully saturated rings. The van der Waals surface area contributed by atoms with E-state index in [9.17, 15) is 9.50 Å². The Kier molecular flexibility index (Phi) is 6.13. The highest BCUT2D eigenvalue weighted by Gasteiger charge is 2.34. The van der Waals surface area contributed by atoms with Gasteiger partial charge in [0.25, 0.3) is 0 Å². The number of allylic oxidation sites excluding steroid dienone is 5. The molecule has 142 valence electrons. The van der Waals surface area contributed by atoms with Crippen LogP contribution in [0.25, 0.3) is 0 Å². The fraction of sp³-hybridized carbons (Fsp3) is 0.478. The van der Waals surface area contributed by atoms with Crippen LogP contribution in [0.2, 0.25) is 0 Å². The van der Waals surface area contributed by atoms with Gasteiger partial charge >= 0.3 is 0 Å². The van der Waals surface area contributed by atoms with E-state index < -0.39 is 11.0 Å². The van der Waals surface area contributed by atoms with E-state index in [1.54, 1.807) is 13.2 Å². The van der Waals surface area contributed by atoms with Crippen molar-refractivity contribution in [2.24, 2.45) is 0 Å². The van der Waals surface area contributed by atoms with Gasteiger partial charge in [0.1, 0.15) is 11.6 Å². The maximum Gasteiger partial charge on any atom is 0.123 e. The van der Waals surface area contributed by atoms with E-state index in [4.69, 9.17) is 4.74 Å². The van der Waals surface area contributed by atoms with Crippen molar-refractivity contribution < 1.29 is 14.2 Å². The molecule has 1 unspecified atom stereocenters. The quantitative estimate of drug-likeness (QED) is 0.689. The maximum absolute atomic E-state index is 13.8. The van der Waals surface area contributed by atoms with Crippen LogP contribution in [0, 0.1) is 5.82 Å². The van der Waals surface area contributed by atoms with Crippen LogP contribution in [0.5, 0.6) is 5.75 Å². The summed E-state index contributed by atoms with van der Waals surface area (Å²) in [7, 11) is 1.59. The molecule has 0 saturated heterocycles. The zero-order valence-corrected chi connectivity index (χ0v) is 16.8. The van der Waals surface area contributed by atoms with Crippen LogP contribution in [0.1, 0.15) is 59.4 Å². The molecule has 0 saturated carbocycles. The Labute approximate surface area is 157 Å². The number of hydrogen-bond acceptors (Lipinski definition) is 2. The zero-order valence-electron chi connectivity index (χ0n) is 16.8. The summed E-state index contributed by atoms with van der Waals surface area (Å²) in [5, 5.41) is 11.1. The molecule has 3 heteroatoms. The van der Waals surface area contributed by atoms with E-state index in [1.807, 2.05) is 20.8 Å². The van der Waals surface area contributed by atoms with Crippen LogP contribution in [0.3, 0.4) is 0 Å². The van der Waals surface area contributed by atoms with Gasteiger partial charge in [0, 0.05) is 12.0 Å². The Morgan fingerprint density at radius 3 is 2.50 bits per heavy atom. The van der Waals surface area contributed by atoms with E-state index in [2.05, 4.69) is 32.1 Å². The number of rotatable bonds is 6. The average molecular weight is 358 g/mol. The number of aliphatic hydroxyl groups is 1. The van der Waals surface area contributed by atoms with Gasteiger partial charge in [-0.05, 0) is 62.8 Å². The SMILES string of the molecule is COc1ccc(F)cc1C(C)(C)CC(C)(O)CC1=CCC(C)=C(C)C=C1. The van der Waals surface area contributed by atoms with Crippen molar-refractivity contribution in [3.63, 3.8) is 0 Å². The van der Waals surface area contributed by atoms with Crippen LogP contribution in [-0.4, -0.2) is 17.8 Å². The van der Waals surface area contributed by atoms with E-state index >= 15 is 0 Å². The number of benzene rings is 1. The third kappa shape index (κ3) is 5.07. The molecule has 0 spiro atoms. The molecule has 1 aromatic rings. The van der Waals surface area contributed by atoms with Crippen molar-refractivity contribution in [1.82, 2.24) is 0 Å². The van der Waals surface area contributed by atoms with Crippen molar-refractivity contribution >= 4 is 0 Å². The summed E-state index contributed by atoms with van der Waals surface area (Å²) in [6.07, 6.45) is 8.36. The molecule has 1 aliphatic carbocycles. The monoisotopic (exact) mass is 358 g/mol. The standard InChI is InChI=1S/C23H31FO2/c1-16-7-9-18(10-8-17(16)2)14-23(5,25)15-22(3,4)20-13-19(24)11-12-21(20)26-6/h7,9-13,25H,8,14-15H2,1-6H3. The van der Waals surface area contributed by atoms with Crippen molar-refractivity contribution in [1.29, 1.82) is 0 Å². The first kappa shape index (κ1) is 20.4. The lowest BCUT2D eigenvalue weighted by Gasteiger charge is -2.35. The molecule has 26 heavy (non-hydrogen) atoms. The molecule has 1 aliphatic rings. The molecule has 1 aromatic carbocycles. The van der Waals surface area contributed by atoms with Gasteiger partial charge in [-0.15, -0.1) is 0 Å². The van der Waals surface area contributed by atoms with Crippen molar-refractivity contribution in [2.75, 3.05) is 7.11 Å². The zero-order chi connectivity index (χ0) is 19.5. The normalized spacial score (nSPS) is 17.6. The Morgan fingerprint density at radius 2 is 1.85 bits per heavy atom. The second-order valence-corrected chi connectivity index (χ2v) is 8.36. The van der Waals surface area contributed by atoms with Crippen LogP contribution < -0.4 is 4.74 Å². The molecule has 0 aromatic heterocycles. The Morgan fingerprint density at radius 1 is 1.15 bits per heavy atom. The fourth-order valence-electron chi connectivity index (χ4n) is 3.78. The number of ether oxygens (including phenoxy) is 1. The first-order valence-corrected chi connectivity index (χ1v) is 9.14. The fourth-order valence-corrected chi connectivity index (χ4v) is 3.78. The summed E-state index contributed by atoms with van der Waals surface area (Å²) in [5.74, 6) is 0.358. The van der Waals surface area contributed by atoms with Crippen molar-refractivity contribution in [2.45, 2.75) is 64.9 Å². The third-order valence-corrected chi connectivity index (χ3v) is 5.19. The average Bonchev–Trinajstić information content (AvgIpc) is 2.69. The first-order chi connectivity index (χ1) is 12.0. The topological polar surface area (TPSA) is 29.5 Å². The molecule has 0 radical (unpaired) electrons. The number of halogens is 1. The Hall–Kier alpha value is -1.87. The summed E-state index contributed by atoms with van der Waals surface area (Å²) < 4.78 is 19.2. The van der Waals surface area contributed by atoms with Gasteiger partial charge in [0.15, 0.2) is 0 Å². The van der Waals surface area contributed by atoms with E-state index in [0.717, 1.165) is 17.6 Å². The van der Waals surface area contributed by atoms with Crippen LogP contribution in [0.4, 0.5) is 4.39 Å². The van der Waals surface area contributed by atoms with E-state index in [0.29, 0.717) is 18.6 Å². The Balaban J connectivity index is 2.20. The third-order valence-electron chi connectivity index (χ3n) is 5.19. The minimum atomic E-state index is -0.914. The van der Waals surface area contributed by atoms with Gasteiger partial charge in [-0.25, -0.2) is 4.39 Å². The molecule has 2 nitrogen and oxygen atoms in total. The second kappa shape index (κ2) is 7.79. The summed E-state index contributed by atoms with van der Waals surface area (Å²) >= 11 is 0. The minimum absolute atomic E-state index is 0.292. The largest absolute Gasteiger partial charge is 0.496 e. The number of methoxy groups -OCH3 is 1. The predicted octanol–water partition coefficient (Wildman–Crippen LogP) is 5.87. The summed E-state index contributed by atoms with van der Waals surface area (Å²) in [6.45, 7) is 10.1. The van der Waals surface area contributed by atoms with Crippen molar-refractivity contribution in [3.8, 4) is 5.75 Å². The Bertz CT molecular complexity index is 751. The molecular weight excluding hydrogens is 327 g/mol. The van der Waals surface area contributed by atoms with Gasteiger partial charge < -0.3 is 9.84 Å². The lowest BCUT2D eigenvalue weighted by atomic mass is 9.73. The molecule has 2 rings (SSSR count). The maximum atomic E-state index is 13.8. The first-order valence-electron chi connectivity index (χ1n) is 9.14.